The van der Waals surface area contributed by atoms with E-state index >= 15 is 0 Å². The van der Waals surface area contributed by atoms with Crippen LogP contribution in [0.15, 0.2) is 16.6 Å². The van der Waals surface area contributed by atoms with Crippen molar-refractivity contribution in [1.29, 1.82) is 0 Å². The van der Waals surface area contributed by atoms with Crippen LogP contribution in [0.3, 0.4) is 0 Å². The number of hydrogen-bond acceptors (Lipinski definition) is 3. The molecular formula is C12H12BrCl2NO3. The van der Waals surface area contributed by atoms with Crippen molar-refractivity contribution in [1.82, 2.24) is 0 Å². The Labute approximate surface area is 129 Å². The average molecular weight is 369 g/mol. The molecule has 7 heteroatoms. The number of amides is 1. The van der Waals surface area contributed by atoms with Crippen molar-refractivity contribution in [3.63, 3.8) is 0 Å². The highest BCUT2D eigenvalue weighted by molar-refractivity contribution is 9.10. The number of carbonyl (C=O) groups excluding carboxylic acids is 2. The third-order valence-electron chi connectivity index (χ3n) is 2.13. The van der Waals surface area contributed by atoms with Crippen LogP contribution in [0.5, 0.6) is 0 Å². The van der Waals surface area contributed by atoms with Gasteiger partial charge in [-0.25, -0.2) is 0 Å². The van der Waals surface area contributed by atoms with Crippen LogP contribution in [0.1, 0.15) is 19.8 Å². The number of rotatable bonds is 5. The molecule has 1 aromatic rings. The molecule has 0 saturated heterocycles. The molecule has 0 atom stereocenters. The first-order chi connectivity index (χ1) is 8.93. The molecule has 19 heavy (non-hydrogen) atoms. The molecule has 0 bridgehead atoms. The second-order valence-corrected chi connectivity index (χ2v) is 5.33. The minimum absolute atomic E-state index is 0.0154. The minimum Gasteiger partial charge on any atom is -0.466 e. The molecule has 0 unspecified atom stereocenters. The third-order valence-corrected chi connectivity index (χ3v) is 3.19. The number of nitrogens with one attached hydrogen (secondary N) is 1. The van der Waals surface area contributed by atoms with Crippen LogP contribution in [0.25, 0.3) is 0 Å². The van der Waals surface area contributed by atoms with Gasteiger partial charge in [0.15, 0.2) is 0 Å². The zero-order valence-corrected chi connectivity index (χ0v) is 13.2. The summed E-state index contributed by atoms with van der Waals surface area (Å²) in [6.07, 6.45) is 0.0347. The van der Waals surface area contributed by atoms with E-state index in [0.717, 1.165) is 0 Å². The fourth-order valence-electron chi connectivity index (χ4n) is 1.31. The van der Waals surface area contributed by atoms with Gasteiger partial charge in [0.2, 0.25) is 5.91 Å². The maximum Gasteiger partial charge on any atom is 0.306 e. The second-order valence-electron chi connectivity index (χ2n) is 3.60. The molecule has 0 saturated carbocycles. The molecule has 1 N–H and O–H groups in total. The van der Waals surface area contributed by atoms with Crippen molar-refractivity contribution >= 4 is 56.7 Å². The zero-order valence-electron chi connectivity index (χ0n) is 10.1. The Bertz CT molecular complexity index is 471. The summed E-state index contributed by atoms with van der Waals surface area (Å²) < 4.78 is 5.44. The molecule has 0 aliphatic carbocycles. The summed E-state index contributed by atoms with van der Waals surface area (Å²) in [7, 11) is 0. The smallest absolute Gasteiger partial charge is 0.306 e. The monoisotopic (exact) mass is 367 g/mol. The van der Waals surface area contributed by atoms with E-state index in [1.54, 1.807) is 19.1 Å². The lowest BCUT2D eigenvalue weighted by molar-refractivity contribution is -0.144. The Morgan fingerprint density at radius 3 is 2.37 bits per heavy atom. The largest absolute Gasteiger partial charge is 0.466 e. The molecule has 1 amide bonds. The molecule has 0 aliphatic rings. The quantitative estimate of drug-likeness (QED) is 0.798. The normalized spacial score (nSPS) is 10.1. The maximum atomic E-state index is 11.7. The van der Waals surface area contributed by atoms with Gasteiger partial charge in [0.1, 0.15) is 0 Å². The summed E-state index contributed by atoms with van der Waals surface area (Å²) in [4.78, 5) is 22.8. The molecule has 0 aromatic heterocycles. The average Bonchev–Trinajstić information content (AvgIpc) is 2.31. The molecule has 0 fully saturated rings. The van der Waals surface area contributed by atoms with E-state index in [1.165, 1.54) is 0 Å². The Hall–Kier alpha value is -0.780. The van der Waals surface area contributed by atoms with Gasteiger partial charge in [-0.1, -0.05) is 39.1 Å². The van der Waals surface area contributed by atoms with Crippen molar-refractivity contribution in [3.05, 3.63) is 26.7 Å². The van der Waals surface area contributed by atoms with E-state index < -0.39 is 5.97 Å². The predicted molar refractivity (Wildman–Crippen MR) is 78.7 cm³/mol. The first-order valence-corrected chi connectivity index (χ1v) is 7.09. The first kappa shape index (κ1) is 16.3. The lowest BCUT2D eigenvalue weighted by Gasteiger charge is -2.09. The van der Waals surface area contributed by atoms with E-state index in [2.05, 4.69) is 21.2 Å². The summed E-state index contributed by atoms with van der Waals surface area (Å²) in [5, 5.41) is 3.22. The molecule has 1 rings (SSSR count). The Morgan fingerprint density at radius 2 is 1.84 bits per heavy atom. The van der Waals surface area contributed by atoms with E-state index in [1.807, 2.05) is 0 Å². The molecule has 0 radical (unpaired) electrons. The van der Waals surface area contributed by atoms with Crippen molar-refractivity contribution in [3.8, 4) is 0 Å². The van der Waals surface area contributed by atoms with Crippen molar-refractivity contribution in [2.75, 3.05) is 11.9 Å². The summed E-state index contributed by atoms with van der Waals surface area (Å²) in [5.41, 5.74) is 0.334. The Kier molecular flexibility index (Phi) is 6.62. The second kappa shape index (κ2) is 7.72. The number of hydrogen-bond donors (Lipinski definition) is 1. The van der Waals surface area contributed by atoms with E-state index in [9.17, 15) is 9.59 Å². The summed E-state index contributed by atoms with van der Waals surface area (Å²) in [6.45, 7) is 2.00. The Morgan fingerprint density at radius 1 is 1.26 bits per heavy atom. The fraction of sp³-hybridized carbons (Fsp3) is 0.333. The van der Waals surface area contributed by atoms with E-state index in [4.69, 9.17) is 27.9 Å². The number of carbonyl (C=O) groups is 2. The van der Waals surface area contributed by atoms with Gasteiger partial charge in [-0.15, -0.1) is 0 Å². The maximum absolute atomic E-state index is 11.7. The Balaban J connectivity index is 2.60. The molecule has 1 aromatic carbocycles. The van der Waals surface area contributed by atoms with E-state index in [0.29, 0.717) is 26.8 Å². The summed E-state index contributed by atoms with van der Waals surface area (Å²) >= 11 is 15.2. The van der Waals surface area contributed by atoms with Crippen LogP contribution in [-0.4, -0.2) is 18.5 Å². The van der Waals surface area contributed by atoms with Gasteiger partial charge in [0.05, 0.1) is 28.8 Å². The highest BCUT2D eigenvalue weighted by Gasteiger charge is 2.12. The van der Waals surface area contributed by atoms with Crippen LogP contribution >= 0.6 is 39.1 Å². The number of esters is 1. The predicted octanol–water partition coefficient (Wildman–Crippen LogP) is 4.04. The third kappa shape index (κ3) is 5.38. The number of anilines is 1. The number of halogens is 3. The van der Waals surface area contributed by atoms with Gasteiger partial charge in [0, 0.05) is 10.9 Å². The lowest BCUT2D eigenvalue weighted by atomic mass is 10.2. The lowest BCUT2D eigenvalue weighted by Crippen LogP contribution is -2.15. The van der Waals surface area contributed by atoms with Gasteiger partial charge in [-0.3, -0.25) is 9.59 Å². The van der Waals surface area contributed by atoms with Crippen molar-refractivity contribution in [2.45, 2.75) is 19.8 Å². The van der Waals surface area contributed by atoms with Gasteiger partial charge in [0.25, 0.3) is 0 Å². The molecular weight excluding hydrogens is 357 g/mol. The SMILES string of the molecule is CCOC(=O)CCC(=O)Nc1c(Cl)cc(Br)cc1Cl. The minimum atomic E-state index is -0.411. The van der Waals surface area contributed by atoms with Crippen molar-refractivity contribution < 1.29 is 14.3 Å². The summed E-state index contributed by atoms with van der Waals surface area (Å²) in [6, 6.07) is 3.24. The van der Waals surface area contributed by atoms with Gasteiger partial charge in [-0.2, -0.15) is 0 Å². The molecule has 4 nitrogen and oxygen atoms in total. The van der Waals surface area contributed by atoms with Crippen LogP contribution in [0.4, 0.5) is 5.69 Å². The fourth-order valence-corrected chi connectivity index (χ4v) is 2.62. The van der Waals surface area contributed by atoms with Gasteiger partial charge < -0.3 is 10.1 Å². The van der Waals surface area contributed by atoms with Crippen LogP contribution in [-0.2, 0) is 14.3 Å². The van der Waals surface area contributed by atoms with Crippen LogP contribution < -0.4 is 5.32 Å². The number of ether oxygens (including phenoxy) is 1. The van der Waals surface area contributed by atoms with E-state index in [-0.39, 0.29) is 18.7 Å². The van der Waals surface area contributed by atoms with Gasteiger partial charge in [-0.05, 0) is 19.1 Å². The zero-order chi connectivity index (χ0) is 14.4. The topological polar surface area (TPSA) is 55.4 Å². The highest BCUT2D eigenvalue weighted by Crippen LogP contribution is 2.33. The molecule has 104 valence electrons. The first-order valence-electron chi connectivity index (χ1n) is 5.54. The molecule has 0 heterocycles. The van der Waals surface area contributed by atoms with Gasteiger partial charge >= 0.3 is 5.97 Å². The summed E-state index contributed by atoms with van der Waals surface area (Å²) in [5.74, 6) is -0.759. The molecule has 0 spiro atoms. The van der Waals surface area contributed by atoms with Crippen LogP contribution in [0.2, 0.25) is 10.0 Å². The highest BCUT2D eigenvalue weighted by atomic mass is 79.9. The van der Waals surface area contributed by atoms with Crippen LogP contribution in [0, 0.1) is 0 Å². The van der Waals surface area contributed by atoms with Crippen molar-refractivity contribution in [2.24, 2.45) is 0 Å². The standard InChI is InChI=1S/C12H12BrCl2NO3/c1-2-19-11(18)4-3-10(17)16-12-8(14)5-7(13)6-9(12)15/h5-6H,2-4H2,1H3,(H,16,17). The number of benzene rings is 1. The molecule has 0 aliphatic heterocycles.